The third-order valence-corrected chi connectivity index (χ3v) is 3.24. The zero-order valence-electron chi connectivity index (χ0n) is 8.89. The van der Waals surface area contributed by atoms with Crippen molar-refractivity contribution in [2.45, 2.75) is 0 Å². The second-order valence-corrected chi connectivity index (χ2v) is 4.70. The van der Waals surface area contributed by atoms with Crippen LogP contribution in [0.2, 0.25) is 5.02 Å². The van der Waals surface area contributed by atoms with Gasteiger partial charge in [0.1, 0.15) is 0 Å². The van der Waals surface area contributed by atoms with E-state index in [1.807, 2.05) is 29.6 Å². The first-order valence-corrected chi connectivity index (χ1v) is 6.28. The fraction of sp³-hybridized carbons (Fsp3) is 0. The van der Waals surface area contributed by atoms with Gasteiger partial charge in [-0.15, -0.1) is 11.3 Å². The number of amides is 1. The Morgan fingerprint density at radius 2 is 2.06 bits per heavy atom. The van der Waals surface area contributed by atoms with Gasteiger partial charge in [-0.25, -0.2) is 0 Å². The normalized spacial score (nSPS) is 10.6. The first-order chi connectivity index (χ1) is 8.25. The van der Waals surface area contributed by atoms with Crippen molar-refractivity contribution in [1.82, 2.24) is 0 Å². The summed E-state index contributed by atoms with van der Waals surface area (Å²) in [5.41, 5.74) is 0.620. The van der Waals surface area contributed by atoms with Gasteiger partial charge in [0.25, 0.3) is 0 Å². The predicted octanol–water partition coefficient (Wildman–Crippen LogP) is 4.05. The molecule has 1 heterocycles. The third-order valence-electron chi connectivity index (χ3n) is 2.07. The molecule has 0 atom stereocenters. The first kappa shape index (κ1) is 11.9. The molecular weight excluding hydrogens is 254 g/mol. The second-order valence-electron chi connectivity index (χ2n) is 3.32. The summed E-state index contributed by atoms with van der Waals surface area (Å²) in [6.07, 6.45) is 3.27. The van der Waals surface area contributed by atoms with Crippen molar-refractivity contribution >= 4 is 40.6 Å². The second kappa shape index (κ2) is 5.66. The fourth-order valence-corrected chi connectivity index (χ4v) is 2.08. The van der Waals surface area contributed by atoms with Gasteiger partial charge in [-0.2, -0.15) is 0 Å². The summed E-state index contributed by atoms with van der Waals surface area (Å²) in [5.74, 6) is -0.188. The molecule has 2 aromatic rings. The van der Waals surface area contributed by atoms with E-state index < -0.39 is 0 Å². The summed E-state index contributed by atoms with van der Waals surface area (Å²) in [6.45, 7) is 0. The molecule has 1 aromatic carbocycles. The molecule has 0 spiro atoms. The number of hydrogen-bond donors (Lipinski definition) is 1. The van der Waals surface area contributed by atoms with E-state index in [4.69, 9.17) is 11.6 Å². The van der Waals surface area contributed by atoms with Crippen LogP contribution in [0.15, 0.2) is 47.9 Å². The quantitative estimate of drug-likeness (QED) is 0.832. The molecule has 86 valence electrons. The van der Waals surface area contributed by atoms with E-state index in [0.717, 1.165) is 4.88 Å². The maximum Gasteiger partial charge on any atom is 0.248 e. The molecule has 0 bridgehead atoms. The monoisotopic (exact) mass is 263 g/mol. The third kappa shape index (κ3) is 3.44. The molecule has 0 unspecified atom stereocenters. The minimum atomic E-state index is -0.188. The van der Waals surface area contributed by atoms with E-state index in [0.29, 0.717) is 10.7 Å². The first-order valence-electron chi connectivity index (χ1n) is 5.03. The summed E-state index contributed by atoms with van der Waals surface area (Å²) in [7, 11) is 0. The molecule has 0 radical (unpaired) electrons. The Labute approximate surface area is 109 Å². The predicted molar refractivity (Wildman–Crippen MR) is 73.4 cm³/mol. The Bertz CT molecular complexity index is 534. The van der Waals surface area contributed by atoms with Crippen molar-refractivity contribution in [3.05, 3.63) is 57.8 Å². The maximum absolute atomic E-state index is 11.6. The van der Waals surface area contributed by atoms with E-state index in [1.165, 1.54) is 6.08 Å². The molecular formula is C13H10ClNOS. The Morgan fingerprint density at radius 3 is 2.76 bits per heavy atom. The van der Waals surface area contributed by atoms with E-state index in [2.05, 4.69) is 5.32 Å². The van der Waals surface area contributed by atoms with Crippen LogP contribution in [-0.4, -0.2) is 5.91 Å². The number of carbonyl (C=O) groups excluding carboxylic acids is 1. The highest BCUT2D eigenvalue weighted by atomic mass is 35.5. The number of thiophene rings is 1. The zero-order valence-corrected chi connectivity index (χ0v) is 10.5. The van der Waals surface area contributed by atoms with Crippen LogP contribution in [0.4, 0.5) is 5.69 Å². The Hall–Kier alpha value is -1.58. The minimum absolute atomic E-state index is 0.188. The van der Waals surface area contributed by atoms with E-state index in [1.54, 1.807) is 29.5 Å². The molecule has 0 fully saturated rings. The van der Waals surface area contributed by atoms with Crippen molar-refractivity contribution in [1.29, 1.82) is 0 Å². The SMILES string of the molecule is O=C(C=Cc1cccs1)Nc1ccccc1Cl. The summed E-state index contributed by atoms with van der Waals surface area (Å²) < 4.78 is 0. The number of rotatable bonds is 3. The van der Waals surface area contributed by atoms with Crippen LogP contribution in [0.3, 0.4) is 0 Å². The lowest BCUT2D eigenvalue weighted by molar-refractivity contribution is -0.111. The standard InChI is InChI=1S/C13H10ClNOS/c14-11-5-1-2-6-12(11)15-13(16)8-7-10-4-3-9-17-10/h1-9H,(H,15,16). The van der Waals surface area contributed by atoms with Crippen molar-refractivity contribution in [2.24, 2.45) is 0 Å². The summed E-state index contributed by atoms with van der Waals surface area (Å²) in [5, 5.41) is 5.22. The number of benzene rings is 1. The van der Waals surface area contributed by atoms with Gasteiger partial charge in [-0.05, 0) is 29.7 Å². The largest absolute Gasteiger partial charge is 0.321 e. The Kier molecular flexibility index (Phi) is 3.96. The molecule has 17 heavy (non-hydrogen) atoms. The average Bonchev–Trinajstić information content (AvgIpc) is 2.82. The van der Waals surface area contributed by atoms with Crippen LogP contribution in [0.1, 0.15) is 4.88 Å². The molecule has 1 amide bonds. The van der Waals surface area contributed by atoms with E-state index in [-0.39, 0.29) is 5.91 Å². The van der Waals surface area contributed by atoms with E-state index in [9.17, 15) is 4.79 Å². The molecule has 1 aromatic heterocycles. The highest BCUT2D eigenvalue weighted by Crippen LogP contribution is 2.20. The van der Waals surface area contributed by atoms with Crippen molar-refractivity contribution in [2.75, 3.05) is 5.32 Å². The summed E-state index contributed by atoms with van der Waals surface area (Å²) in [6, 6.07) is 11.0. The molecule has 0 saturated heterocycles. The molecule has 2 nitrogen and oxygen atoms in total. The molecule has 0 saturated carbocycles. The molecule has 0 aliphatic heterocycles. The lowest BCUT2D eigenvalue weighted by Crippen LogP contribution is -2.07. The Balaban J connectivity index is 2.01. The Morgan fingerprint density at radius 1 is 1.24 bits per heavy atom. The summed E-state index contributed by atoms with van der Waals surface area (Å²) in [4.78, 5) is 12.6. The maximum atomic E-state index is 11.6. The fourth-order valence-electron chi connectivity index (χ4n) is 1.28. The number of halogens is 1. The topological polar surface area (TPSA) is 29.1 Å². The van der Waals surface area contributed by atoms with Crippen LogP contribution in [0, 0.1) is 0 Å². The molecule has 0 aliphatic carbocycles. The van der Waals surface area contributed by atoms with Crippen molar-refractivity contribution < 1.29 is 4.79 Å². The molecule has 4 heteroatoms. The number of carbonyl (C=O) groups is 1. The molecule has 0 aliphatic rings. The van der Waals surface area contributed by atoms with Gasteiger partial charge in [0, 0.05) is 11.0 Å². The van der Waals surface area contributed by atoms with Crippen LogP contribution in [0.5, 0.6) is 0 Å². The molecule has 2 rings (SSSR count). The highest BCUT2D eigenvalue weighted by molar-refractivity contribution is 7.10. The number of para-hydroxylation sites is 1. The van der Waals surface area contributed by atoms with Gasteiger partial charge in [0.05, 0.1) is 10.7 Å². The van der Waals surface area contributed by atoms with Gasteiger partial charge in [-0.3, -0.25) is 4.79 Å². The van der Waals surface area contributed by atoms with Gasteiger partial charge in [0.2, 0.25) is 5.91 Å². The summed E-state index contributed by atoms with van der Waals surface area (Å²) >= 11 is 7.51. The van der Waals surface area contributed by atoms with Gasteiger partial charge in [0.15, 0.2) is 0 Å². The van der Waals surface area contributed by atoms with Gasteiger partial charge in [-0.1, -0.05) is 29.8 Å². The van der Waals surface area contributed by atoms with Crippen LogP contribution in [-0.2, 0) is 4.79 Å². The van der Waals surface area contributed by atoms with Crippen LogP contribution in [0.25, 0.3) is 6.08 Å². The lowest BCUT2D eigenvalue weighted by atomic mass is 10.3. The van der Waals surface area contributed by atoms with E-state index >= 15 is 0 Å². The average molecular weight is 264 g/mol. The van der Waals surface area contributed by atoms with Gasteiger partial charge >= 0.3 is 0 Å². The van der Waals surface area contributed by atoms with Crippen molar-refractivity contribution in [3.8, 4) is 0 Å². The minimum Gasteiger partial charge on any atom is -0.321 e. The van der Waals surface area contributed by atoms with Crippen molar-refractivity contribution in [3.63, 3.8) is 0 Å². The number of nitrogens with one attached hydrogen (secondary N) is 1. The zero-order chi connectivity index (χ0) is 12.1. The van der Waals surface area contributed by atoms with Gasteiger partial charge < -0.3 is 5.32 Å². The van der Waals surface area contributed by atoms with Crippen LogP contribution >= 0.6 is 22.9 Å². The highest BCUT2D eigenvalue weighted by Gasteiger charge is 2.01. The lowest BCUT2D eigenvalue weighted by Gasteiger charge is -2.03. The smallest absolute Gasteiger partial charge is 0.248 e. The number of hydrogen-bond acceptors (Lipinski definition) is 2. The molecule has 1 N–H and O–H groups in total. The number of anilines is 1. The van der Waals surface area contributed by atoms with Crippen LogP contribution < -0.4 is 5.32 Å².